The van der Waals surface area contributed by atoms with Crippen LogP contribution in [0, 0.1) is 0 Å². The van der Waals surface area contributed by atoms with Gasteiger partial charge in [-0.2, -0.15) is 0 Å². The van der Waals surface area contributed by atoms with E-state index in [1.165, 1.54) is 6.26 Å². The summed E-state index contributed by atoms with van der Waals surface area (Å²) in [7, 11) is -1.34. The lowest BCUT2D eigenvalue weighted by atomic mass is 9.94. The van der Waals surface area contributed by atoms with E-state index in [0.29, 0.717) is 26.0 Å². The molecule has 0 spiro atoms. The fourth-order valence-electron chi connectivity index (χ4n) is 2.49. The van der Waals surface area contributed by atoms with Gasteiger partial charge in [0.15, 0.2) is 0 Å². The van der Waals surface area contributed by atoms with Crippen LogP contribution in [-0.4, -0.2) is 56.9 Å². The molecular weight excluding hydrogens is 266 g/mol. The van der Waals surface area contributed by atoms with Gasteiger partial charge >= 0.3 is 0 Å². The summed E-state index contributed by atoms with van der Waals surface area (Å²) in [5.41, 5.74) is -0.811. The van der Waals surface area contributed by atoms with E-state index in [1.54, 1.807) is 14.0 Å². The first-order valence-corrected chi connectivity index (χ1v) is 8.83. The maximum atomic E-state index is 11.6. The summed E-state index contributed by atoms with van der Waals surface area (Å²) in [5, 5.41) is 13.2. The summed E-state index contributed by atoms with van der Waals surface area (Å²) < 4.78 is 28.1. The molecule has 0 aromatic heterocycles. The summed E-state index contributed by atoms with van der Waals surface area (Å²) in [4.78, 5) is 0. The summed E-state index contributed by atoms with van der Waals surface area (Å²) in [6, 6.07) is 0.183. The SMILES string of the molecule is COCCC(C)(O)CNC1CCCC(S(C)(=O)=O)C1. The zero-order valence-corrected chi connectivity index (χ0v) is 13.0. The first-order valence-electron chi connectivity index (χ1n) is 6.88. The molecule has 1 fully saturated rings. The zero-order valence-electron chi connectivity index (χ0n) is 12.2. The molecule has 1 rings (SSSR count). The lowest BCUT2D eigenvalue weighted by Crippen LogP contribution is -2.46. The minimum atomic E-state index is -2.95. The van der Waals surface area contributed by atoms with Crippen molar-refractivity contribution in [1.82, 2.24) is 5.32 Å². The second kappa shape index (κ2) is 7.02. The summed E-state index contributed by atoms with van der Waals surface area (Å²) in [5.74, 6) is 0. The highest BCUT2D eigenvalue weighted by Gasteiger charge is 2.30. The van der Waals surface area contributed by atoms with E-state index >= 15 is 0 Å². The molecule has 0 bridgehead atoms. The van der Waals surface area contributed by atoms with Crippen LogP contribution in [0.5, 0.6) is 0 Å². The molecule has 1 aliphatic carbocycles. The third-order valence-corrected chi connectivity index (χ3v) is 5.49. The van der Waals surface area contributed by atoms with Gasteiger partial charge in [-0.1, -0.05) is 6.42 Å². The molecule has 1 aliphatic rings. The number of sulfone groups is 1. The number of hydrogen-bond acceptors (Lipinski definition) is 5. The highest BCUT2D eigenvalue weighted by molar-refractivity contribution is 7.91. The highest BCUT2D eigenvalue weighted by atomic mass is 32.2. The summed E-state index contributed by atoms with van der Waals surface area (Å²) >= 11 is 0. The molecule has 0 radical (unpaired) electrons. The minimum Gasteiger partial charge on any atom is -0.389 e. The van der Waals surface area contributed by atoms with Crippen molar-refractivity contribution in [3.8, 4) is 0 Å². The van der Waals surface area contributed by atoms with Crippen LogP contribution in [0.1, 0.15) is 39.0 Å². The van der Waals surface area contributed by atoms with Crippen LogP contribution >= 0.6 is 0 Å². The van der Waals surface area contributed by atoms with E-state index in [1.807, 2.05) is 0 Å². The quantitative estimate of drug-likeness (QED) is 0.723. The van der Waals surface area contributed by atoms with Gasteiger partial charge < -0.3 is 15.2 Å². The van der Waals surface area contributed by atoms with Crippen molar-refractivity contribution in [3.63, 3.8) is 0 Å². The van der Waals surface area contributed by atoms with Gasteiger partial charge in [-0.15, -0.1) is 0 Å². The smallest absolute Gasteiger partial charge is 0.150 e. The molecule has 3 unspecified atom stereocenters. The van der Waals surface area contributed by atoms with Crippen LogP contribution in [0.15, 0.2) is 0 Å². The van der Waals surface area contributed by atoms with E-state index < -0.39 is 15.4 Å². The lowest BCUT2D eigenvalue weighted by molar-refractivity contribution is 0.0218. The van der Waals surface area contributed by atoms with Crippen LogP contribution in [0.4, 0.5) is 0 Å². The predicted octanol–water partition coefficient (Wildman–Crippen LogP) is 0.719. The van der Waals surface area contributed by atoms with Crippen LogP contribution in [0.25, 0.3) is 0 Å². The van der Waals surface area contributed by atoms with Gasteiger partial charge in [0, 0.05) is 39.0 Å². The molecule has 0 aromatic carbocycles. The van der Waals surface area contributed by atoms with E-state index in [4.69, 9.17) is 4.74 Å². The first-order chi connectivity index (χ1) is 8.74. The third kappa shape index (κ3) is 6.21. The Bertz CT molecular complexity index is 367. The second-order valence-electron chi connectivity index (χ2n) is 5.94. The van der Waals surface area contributed by atoms with Gasteiger partial charge in [0.05, 0.1) is 10.9 Å². The predicted molar refractivity (Wildman–Crippen MR) is 76.0 cm³/mol. The molecule has 3 atom stereocenters. The molecule has 0 amide bonds. The average Bonchev–Trinajstić information content (AvgIpc) is 2.34. The summed E-state index contributed by atoms with van der Waals surface area (Å²) in [6.45, 7) is 2.76. The Morgan fingerprint density at radius 3 is 2.68 bits per heavy atom. The number of rotatable bonds is 7. The van der Waals surface area contributed by atoms with Crippen molar-refractivity contribution < 1.29 is 18.3 Å². The van der Waals surface area contributed by atoms with Crippen molar-refractivity contribution in [1.29, 1.82) is 0 Å². The van der Waals surface area contributed by atoms with E-state index in [9.17, 15) is 13.5 Å². The van der Waals surface area contributed by atoms with Crippen LogP contribution in [-0.2, 0) is 14.6 Å². The maximum absolute atomic E-state index is 11.6. The molecule has 1 saturated carbocycles. The number of aliphatic hydroxyl groups is 1. The maximum Gasteiger partial charge on any atom is 0.150 e. The lowest BCUT2D eigenvalue weighted by Gasteiger charge is -2.32. The van der Waals surface area contributed by atoms with Gasteiger partial charge in [0.25, 0.3) is 0 Å². The Labute approximate surface area is 116 Å². The Hall–Kier alpha value is -0.170. The minimum absolute atomic E-state index is 0.183. The standard InChI is InChI=1S/C13H27NO4S/c1-13(15,7-8-18-2)10-14-11-5-4-6-12(9-11)19(3,16)17/h11-12,14-15H,4-10H2,1-3H3. The first kappa shape index (κ1) is 16.9. The molecule has 19 heavy (non-hydrogen) atoms. The van der Waals surface area contributed by atoms with E-state index in [0.717, 1.165) is 19.3 Å². The van der Waals surface area contributed by atoms with Crippen LogP contribution in [0.2, 0.25) is 0 Å². The Balaban J connectivity index is 2.41. The average molecular weight is 293 g/mol. The van der Waals surface area contributed by atoms with Crippen molar-refractivity contribution in [2.24, 2.45) is 0 Å². The molecular formula is C13H27NO4S. The molecule has 2 N–H and O–H groups in total. The number of hydrogen-bond donors (Lipinski definition) is 2. The normalized spacial score (nSPS) is 28.0. The van der Waals surface area contributed by atoms with Gasteiger partial charge in [0.1, 0.15) is 9.84 Å². The third-order valence-electron chi connectivity index (χ3n) is 3.85. The fraction of sp³-hybridized carbons (Fsp3) is 1.00. The fourth-order valence-corrected chi connectivity index (χ4v) is 3.67. The van der Waals surface area contributed by atoms with Gasteiger partial charge in [0.2, 0.25) is 0 Å². The van der Waals surface area contributed by atoms with E-state index in [2.05, 4.69) is 5.32 Å². The van der Waals surface area contributed by atoms with Crippen molar-refractivity contribution >= 4 is 9.84 Å². The van der Waals surface area contributed by atoms with Gasteiger partial charge in [-0.25, -0.2) is 8.42 Å². The molecule has 0 heterocycles. The Morgan fingerprint density at radius 1 is 1.42 bits per heavy atom. The molecule has 114 valence electrons. The van der Waals surface area contributed by atoms with E-state index in [-0.39, 0.29) is 11.3 Å². The van der Waals surface area contributed by atoms with Crippen molar-refractivity contribution in [3.05, 3.63) is 0 Å². The molecule has 0 saturated heterocycles. The molecule has 0 aromatic rings. The Kier molecular flexibility index (Phi) is 6.23. The highest BCUT2D eigenvalue weighted by Crippen LogP contribution is 2.24. The Morgan fingerprint density at radius 2 is 2.11 bits per heavy atom. The summed E-state index contributed by atoms with van der Waals surface area (Å²) in [6.07, 6.45) is 5.20. The zero-order chi connectivity index (χ0) is 14.5. The van der Waals surface area contributed by atoms with Crippen molar-refractivity contribution in [2.75, 3.05) is 26.5 Å². The molecule has 6 heteroatoms. The molecule has 5 nitrogen and oxygen atoms in total. The number of nitrogens with one attached hydrogen (secondary N) is 1. The molecule has 0 aliphatic heterocycles. The van der Waals surface area contributed by atoms with Gasteiger partial charge in [-0.3, -0.25) is 0 Å². The largest absolute Gasteiger partial charge is 0.389 e. The number of methoxy groups -OCH3 is 1. The monoisotopic (exact) mass is 293 g/mol. The van der Waals surface area contributed by atoms with Crippen molar-refractivity contribution in [2.45, 2.75) is 55.9 Å². The van der Waals surface area contributed by atoms with Gasteiger partial charge in [-0.05, 0) is 26.2 Å². The second-order valence-corrected chi connectivity index (χ2v) is 8.26. The van der Waals surface area contributed by atoms with Crippen LogP contribution in [0.3, 0.4) is 0 Å². The van der Waals surface area contributed by atoms with Crippen LogP contribution < -0.4 is 5.32 Å². The topological polar surface area (TPSA) is 75.6 Å². The number of ether oxygens (including phenoxy) is 1.